The van der Waals surface area contributed by atoms with Crippen LogP contribution in [-0.2, 0) is 11.2 Å². The number of nitrogens with one attached hydrogen (secondary N) is 1. The van der Waals surface area contributed by atoms with Gasteiger partial charge in [-0.3, -0.25) is 4.79 Å². The van der Waals surface area contributed by atoms with Gasteiger partial charge < -0.3 is 15.5 Å². The minimum atomic E-state index is -0.408. The van der Waals surface area contributed by atoms with Gasteiger partial charge in [0, 0.05) is 17.6 Å². The lowest BCUT2D eigenvalue weighted by molar-refractivity contribution is -0.121. The van der Waals surface area contributed by atoms with Crippen molar-refractivity contribution in [3.05, 3.63) is 41.4 Å². The molecule has 0 spiro atoms. The lowest BCUT2D eigenvalue weighted by Crippen LogP contribution is -2.39. The average molecular weight is 306 g/mol. The molecule has 112 valence electrons. The first-order chi connectivity index (χ1) is 10.2. The third-order valence-corrected chi connectivity index (χ3v) is 3.92. The van der Waals surface area contributed by atoms with E-state index < -0.39 is 6.04 Å². The lowest BCUT2D eigenvalue weighted by atomic mass is 10.2. The summed E-state index contributed by atoms with van der Waals surface area (Å²) in [5.74, 6) is -0.201. The zero-order chi connectivity index (χ0) is 15.1. The average Bonchev–Trinajstić information content (AvgIpc) is 2.96. The van der Waals surface area contributed by atoms with Gasteiger partial charge in [0.2, 0.25) is 5.91 Å². The molecule has 6 heteroatoms. The smallest absolute Gasteiger partial charge is 0.226 e. The van der Waals surface area contributed by atoms with Gasteiger partial charge in [-0.15, -0.1) is 11.3 Å². The van der Waals surface area contributed by atoms with Gasteiger partial charge in [0.25, 0.3) is 0 Å². The molecule has 1 heterocycles. The van der Waals surface area contributed by atoms with Crippen molar-refractivity contribution in [2.45, 2.75) is 18.9 Å². The molecule has 0 aliphatic carbocycles. The van der Waals surface area contributed by atoms with Crippen molar-refractivity contribution < 1.29 is 15.0 Å². The SMILES string of the molecule is O=C(Cc1csc(-c2ccccc2)n1)N[C@@H](CO)CCO. The number of thiazole rings is 1. The molecular formula is C15H18N2O3S. The molecule has 2 rings (SSSR count). The molecule has 1 amide bonds. The topological polar surface area (TPSA) is 82.5 Å². The Labute approximate surface area is 127 Å². The fourth-order valence-electron chi connectivity index (χ4n) is 1.91. The summed E-state index contributed by atoms with van der Waals surface area (Å²) in [6, 6.07) is 9.39. The van der Waals surface area contributed by atoms with Crippen molar-refractivity contribution in [2.24, 2.45) is 0 Å². The lowest BCUT2D eigenvalue weighted by Gasteiger charge is -2.14. The van der Waals surface area contributed by atoms with E-state index >= 15 is 0 Å². The normalized spacial score (nSPS) is 12.1. The highest BCUT2D eigenvalue weighted by atomic mass is 32.1. The molecule has 1 atom stereocenters. The second-order valence-electron chi connectivity index (χ2n) is 4.65. The maximum Gasteiger partial charge on any atom is 0.226 e. The number of rotatable bonds is 7. The van der Waals surface area contributed by atoms with Gasteiger partial charge in [0.05, 0.1) is 24.8 Å². The van der Waals surface area contributed by atoms with Crippen molar-refractivity contribution in [2.75, 3.05) is 13.2 Å². The van der Waals surface area contributed by atoms with Crippen LogP contribution in [0.4, 0.5) is 0 Å². The number of hydrogen-bond acceptors (Lipinski definition) is 5. The highest BCUT2D eigenvalue weighted by molar-refractivity contribution is 7.13. The summed E-state index contributed by atoms with van der Waals surface area (Å²) in [5, 5.41) is 23.3. The van der Waals surface area contributed by atoms with Gasteiger partial charge in [-0.05, 0) is 6.42 Å². The zero-order valence-electron chi connectivity index (χ0n) is 11.5. The van der Waals surface area contributed by atoms with Gasteiger partial charge in [-0.1, -0.05) is 30.3 Å². The molecule has 0 saturated heterocycles. The molecule has 1 aromatic carbocycles. The van der Waals surface area contributed by atoms with Crippen LogP contribution in [0.5, 0.6) is 0 Å². The van der Waals surface area contributed by atoms with E-state index in [2.05, 4.69) is 10.3 Å². The predicted octanol–water partition coefficient (Wildman–Crippen LogP) is 1.21. The Bertz CT molecular complexity index is 571. The van der Waals surface area contributed by atoms with Gasteiger partial charge in [0.15, 0.2) is 0 Å². The first kappa shape index (κ1) is 15.6. The quantitative estimate of drug-likeness (QED) is 0.718. The van der Waals surface area contributed by atoms with Crippen molar-refractivity contribution >= 4 is 17.2 Å². The molecule has 0 radical (unpaired) electrons. The van der Waals surface area contributed by atoms with Crippen LogP contribution in [0.2, 0.25) is 0 Å². The number of aromatic nitrogens is 1. The van der Waals surface area contributed by atoms with E-state index in [1.54, 1.807) is 0 Å². The van der Waals surface area contributed by atoms with Crippen molar-refractivity contribution in [1.82, 2.24) is 10.3 Å². The Morgan fingerprint density at radius 1 is 1.29 bits per heavy atom. The molecule has 5 nitrogen and oxygen atoms in total. The first-order valence-corrected chi connectivity index (χ1v) is 7.61. The highest BCUT2D eigenvalue weighted by Gasteiger charge is 2.13. The van der Waals surface area contributed by atoms with Crippen LogP contribution in [-0.4, -0.2) is 40.4 Å². The van der Waals surface area contributed by atoms with Crippen molar-refractivity contribution in [3.63, 3.8) is 0 Å². The fraction of sp³-hybridized carbons (Fsp3) is 0.333. The second kappa shape index (κ2) is 7.87. The maximum atomic E-state index is 11.9. The predicted molar refractivity (Wildman–Crippen MR) is 82.0 cm³/mol. The van der Waals surface area contributed by atoms with E-state index in [1.807, 2.05) is 35.7 Å². The number of carbonyl (C=O) groups is 1. The van der Waals surface area contributed by atoms with Gasteiger partial charge in [-0.25, -0.2) is 4.98 Å². The van der Waals surface area contributed by atoms with E-state index in [9.17, 15) is 4.79 Å². The third-order valence-electron chi connectivity index (χ3n) is 2.98. The van der Waals surface area contributed by atoms with Crippen LogP contribution in [0.15, 0.2) is 35.7 Å². The van der Waals surface area contributed by atoms with Crippen LogP contribution >= 0.6 is 11.3 Å². The van der Waals surface area contributed by atoms with Gasteiger partial charge >= 0.3 is 0 Å². The Balaban J connectivity index is 1.95. The molecule has 21 heavy (non-hydrogen) atoms. The van der Waals surface area contributed by atoms with E-state index in [0.717, 1.165) is 10.6 Å². The Morgan fingerprint density at radius 3 is 2.71 bits per heavy atom. The Hall–Kier alpha value is -1.76. The third kappa shape index (κ3) is 4.63. The van der Waals surface area contributed by atoms with Crippen molar-refractivity contribution in [1.29, 1.82) is 0 Å². The summed E-state index contributed by atoms with van der Waals surface area (Å²) in [6.45, 7) is -0.251. The number of amides is 1. The molecule has 0 bridgehead atoms. The molecule has 0 saturated carbocycles. The Kier molecular flexibility index (Phi) is 5.86. The monoisotopic (exact) mass is 306 g/mol. The molecule has 1 aromatic heterocycles. The van der Waals surface area contributed by atoms with Crippen LogP contribution < -0.4 is 5.32 Å². The number of aliphatic hydroxyl groups is 2. The number of aliphatic hydroxyl groups excluding tert-OH is 2. The van der Waals surface area contributed by atoms with E-state index in [4.69, 9.17) is 10.2 Å². The van der Waals surface area contributed by atoms with Crippen LogP contribution in [0.25, 0.3) is 10.6 Å². The molecule has 0 aliphatic rings. The number of carbonyl (C=O) groups excluding carboxylic acids is 1. The van der Waals surface area contributed by atoms with Crippen molar-refractivity contribution in [3.8, 4) is 10.6 Å². The number of nitrogens with zero attached hydrogens (tertiary/aromatic N) is 1. The molecular weight excluding hydrogens is 288 g/mol. The van der Waals surface area contributed by atoms with Crippen LogP contribution in [0, 0.1) is 0 Å². The van der Waals surface area contributed by atoms with E-state index in [-0.39, 0.29) is 25.5 Å². The summed E-state index contributed by atoms with van der Waals surface area (Å²) in [6.07, 6.45) is 0.514. The van der Waals surface area contributed by atoms with E-state index in [0.29, 0.717) is 12.1 Å². The summed E-state index contributed by atoms with van der Waals surface area (Å²) in [5.41, 5.74) is 1.74. The molecule has 2 aromatic rings. The van der Waals surface area contributed by atoms with Gasteiger partial charge in [0.1, 0.15) is 5.01 Å². The minimum Gasteiger partial charge on any atom is -0.396 e. The number of hydrogen-bond donors (Lipinski definition) is 3. The largest absolute Gasteiger partial charge is 0.396 e. The molecule has 3 N–H and O–H groups in total. The summed E-state index contributed by atoms with van der Waals surface area (Å²) in [4.78, 5) is 16.3. The van der Waals surface area contributed by atoms with E-state index in [1.165, 1.54) is 11.3 Å². The first-order valence-electron chi connectivity index (χ1n) is 6.74. The fourth-order valence-corrected chi connectivity index (χ4v) is 2.74. The summed E-state index contributed by atoms with van der Waals surface area (Å²) in [7, 11) is 0. The second-order valence-corrected chi connectivity index (χ2v) is 5.50. The van der Waals surface area contributed by atoms with Gasteiger partial charge in [-0.2, -0.15) is 0 Å². The standard InChI is InChI=1S/C15H18N2O3S/c18-7-6-12(9-19)16-14(20)8-13-10-21-15(17-13)11-4-2-1-3-5-11/h1-5,10,12,18-19H,6-9H2,(H,16,20)/t12-/m1/s1. The van der Waals surface area contributed by atoms with Crippen LogP contribution in [0.3, 0.4) is 0 Å². The molecule has 0 aliphatic heterocycles. The summed E-state index contributed by atoms with van der Waals surface area (Å²) < 4.78 is 0. The highest BCUT2D eigenvalue weighted by Crippen LogP contribution is 2.23. The zero-order valence-corrected chi connectivity index (χ0v) is 12.3. The molecule has 0 fully saturated rings. The minimum absolute atomic E-state index is 0.0691. The number of benzene rings is 1. The molecule has 0 unspecified atom stereocenters. The Morgan fingerprint density at radius 2 is 2.05 bits per heavy atom. The maximum absolute atomic E-state index is 11.9. The van der Waals surface area contributed by atoms with Crippen LogP contribution in [0.1, 0.15) is 12.1 Å². The summed E-state index contributed by atoms with van der Waals surface area (Å²) >= 11 is 1.50.